The Morgan fingerprint density at radius 3 is 2.56 bits per heavy atom. The maximum absolute atomic E-state index is 14.1. The summed E-state index contributed by atoms with van der Waals surface area (Å²) < 4.78 is 11.9. The number of rotatable bonds is 8. The Labute approximate surface area is 299 Å². The average molecular weight is 707 g/mol. The molecule has 2 saturated heterocycles. The van der Waals surface area contributed by atoms with Gasteiger partial charge in [0.1, 0.15) is 34.3 Å². The number of hydrogen-bond donors (Lipinski definition) is 2. The second-order valence-electron chi connectivity index (χ2n) is 14.8. The summed E-state index contributed by atoms with van der Waals surface area (Å²) in [4.78, 5) is 49.5. The number of aryl methyl sites for hydroxylation is 1. The molecule has 0 saturated carbocycles. The molecular formula is C35H50N10O4S. The minimum Gasteiger partial charge on any atom is -0.459 e. The molecule has 0 aromatic carbocycles. The van der Waals surface area contributed by atoms with Crippen LogP contribution >= 0.6 is 11.3 Å². The van der Waals surface area contributed by atoms with Crippen LogP contribution in [0.15, 0.2) is 11.1 Å². The van der Waals surface area contributed by atoms with Gasteiger partial charge in [-0.2, -0.15) is 15.2 Å². The monoisotopic (exact) mass is 706 g/mol. The number of piperazine rings is 1. The quantitative estimate of drug-likeness (QED) is 0.299. The average Bonchev–Trinajstić information content (AvgIpc) is 3.66. The van der Waals surface area contributed by atoms with Crippen LogP contribution in [0, 0.1) is 16.7 Å². The maximum Gasteiger partial charge on any atom is 0.410 e. The van der Waals surface area contributed by atoms with Gasteiger partial charge in [0, 0.05) is 62.8 Å². The lowest BCUT2D eigenvalue weighted by atomic mass is 9.72. The molecule has 0 spiro atoms. The van der Waals surface area contributed by atoms with Crippen molar-refractivity contribution in [3.8, 4) is 12.1 Å². The molecule has 0 unspecified atom stereocenters. The minimum atomic E-state index is -1.04. The fourth-order valence-corrected chi connectivity index (χ4v) is 8.09. The molecule has 1 aliphatic carbocycles. The number of thiophene rings is 1. The second-order valence-corrected chi connectivity index (χ2v) is 15.9. The summed E-state index contributed by atoms with van der Waals surface area (Å²) in [6, 6.07) is 4.31. The molecule has 2 N–H and O–H groups in total. The highest BCUT2D eigenvalue weighted by molar-refractivity contribution is 7.16. The highest BCUT2D eigenvalue weighted by atomic mass is 32.1. The number of ether oxygens (including phenoxy) is 2. The molecule has 14 nitrogen and oxygen atoms in total. The lowest BCUT2D eigenvalue weighted by Crippen LogP contribution is -2.50. The van der Waals surface area contributed by atoms with Gasteiger partial charge in [0.05, 0.1) is 17.3 Å². The van der Waals surface area contributed by atoms with Crippen molar-refractivity contribution in [3.05, 3.63) is 27.8 Å². The number of anilines is 1. The van der Waals surface area contributed by atoms with Crippen LogP contribution < -0.4 is 15.0 Å². The van der Waals surface area contributed by atoms with E-state index in [1.807, 2.05) is 53.6 Å². The number of likely N-dealkylation sites (tertiary alicyclic amines) is 1. The van der Waals surface area contributed by atoms with E-state index in [4.69, 9.17) is 19.9 Å². The molecule has 0 bridgehead atoms. The summed E-state index contributed by atoms with van der Waals surface area (Å²) in [6.07, 6.45) is 5.23. The summed E-state index contributed by atoms with van der Waals surface area (Å²) in [5, 5.41) is 22.6. The fraction of sp³-hybridized carbons (Fsp3) is 0.629. The van der Waals surface area contributed by atoms with Crippen molar-refractivity contribution in [1.29, 1.82) is 10.7 Å². The summed E-state index contributed by atoms with van der Waals surface area (Å²) in [6.45, 7) is 12.2. The Morgan fingerprint density at radius 2 is 1.94 bits per heavy atom. The van der Waals surface area contributed by atoms with Crippen molar-refractivity contribution in [2.75, 3.05) is 58.8 Å². The van der Waals surface area contributed by atoms with Crippen molar-refractivity contribution in [3.63, 3.8) is 0 Å². The van der Waals surface area contributed by atoms with Crippen molar-refractivity contribution in [2.45, 2.75) is 89.9 Å². The number of nitriles is 1. The van der Waals surface area contributed by atoms with E-state index < -0.39 is 11.0 Å². The first kappa shape index (κ1) is 37.0. The van der Waals surface area contributed by atoms with E-state index >= 15 is 0 Å². The Kier molecular flexibility index (Phi) is 11.0. The third kappa shape index (κ3) is 8.18. The molecule has 5 rings (SSSR count). The lowest BCUT2D eigenvalue weighted by molar-refractivity contribution is -0.125. The first-order chi connectivity index (χ1) is 23.6. The summed E-state index contributed by atoms with van der Waals surface area (Å²) in [5.74, 6) is -0.0242. The van der Waals surface area contributed by atoms with E-state index in [0.717, 1.165) is 37.1 Å². The second kappa shape index (κ2) is 14.9. The number of aliphatic imine (C=N–C) groups is 1. The molecule has 2 aromatic heterocycles. The van der Waals surface area contributed by atoms with Crippen LogP contribution in [0.2, 0.25) is 0 Å². The molecule has 4 heterocycles. The molecule has 2 amide bonds. The van der Waals surface area contributed by atoms with Crippen molar-refractivity contribution in [2.24, 2.45) is 4.99 Å². The van der Waals surface area contributed by atoms with Crippen molar-refractivity contribution in [1.82, 2.24) is 30.0 Å². The number of likely N-dealkylation sites (N-methyl/N-ethyl adjacent to an activating group) is 1. The largest absolute Gasteiger partial charge is 0.459 e. The van der Waals surface area contributed by atoms with Crippen LogP contribution in [0.3, 0.4) is 0 Å². The van der Waals surface area contributed by atoms with Gasteiger partial charge in [-0.3, -0.25) is 15.1 Å². The highest BCUT2D eigenvalue weighted by Crippen LogP contribution is 2.47. The van der Waals surface area contributed by atoms with Crippen LogP contribution in [0.25, 0.3) is 0 Å². The Morgan fingerprint density at radius 1 is 1.22 bits per heavy atom. The van der Waals surface area contributed by atoms with E-state index in [1.165, 1.54) is 11.3 Å². The van der Waals surface area contributed by atoms with Gasteiger partial charge in [-0.25, -0.2) is 9.79 Å². The molecule has 15 heteroatoms. The molecule has 2 aromatic rings. The predicted octanol–water partition coefficient (Wildman–Crippen LogP) is 4.29. The van der Waals surface area contributed by atoms with Gasteiger partial charge in [-0.15, -0.1) is 11.3 Å². The molecule has 3 atom stereocenters. The third-order valence-corrected chi connectivity index (χ3v) is 10.6. The van der Waals surface area contributed by atoms with Gasteiger partial charge >= 0.3 is 12.1 Å². The smallest absolute Gasteiger partial charge is 0.410 e. The van der Waals surface area contributed by atoms with Gasteiger partial charge in [0.15, 0.2) is 5.84 Å². The first-order valence-corrected chi connectivity index (χ1v) is 18.1. The number of fused-ring (bicyclic) bond motifs is 1. The van der Waals surface area contributed by atoms with Crippen LogP contribution in [-0.2, 0) is 21.4 Å². The Bertz CT molecular complexity index is 1670. The highest BCUT2D eigenvalue weighted by Gasteiger charge is 2.44. The summed E-state index contributed by atoms with van der Waals surface area (Å²) in [7, 11) is 5.80. The molecule has 2 aliphatic heterocycles. The lowest BCUT2D eigenvalue weighted by Gasteiger charge is -2.36. The SMILES string of the molecule is C[C@H](Oc1nc(C(=N)NC(=O)[C@@]2(C)CCCc3sc(/N=C/N(C)C)c(C#N)c32)cc(N2CCN(C(=O)OC(C)(C)C)CC2)n1)[C@@H]1CCCN1C. The van der Waals surface area contributed by atoms with E-state index in [-0.39, 0.29) is 41.7 Å². The molecule has 0 radical (unpaired) electrons. The van der Waals surface area contributed by atoms with E-state index in [9.17, 15) is 14.9 Å². The molecule has 2 fully saturated rings. The zero-order valence-corrected chi connectivity index (χ0v) is 31.3. The van der Waals surface area contributed by atoms with Crippen LogP contribution in [-0.4, -0.2) is 120 Å². The van der Waals surface area contributed by atoms with Gasteiger partial charge < -0.3 is 29.5 Å². The first-order valence-electron chi connectivity index (χ1n) is 17.3. The van der Waals surface area contributed by atoms with E-state index in [1.54, 1.807) is 22.2 Å². The number of nitrogens with zero attached hydrogens (tertiary/aromatic N) is 8. The Balaban J connectivity index is 1.40. The van der Waals surface area contributed by atoms with Crippen molar-refractivity contribution < 1.29 is 19.1 Å². The number of hydrogen-bond acceptors (Lipinski definition) is 12. The molecule has 50 heavy (non-hydrogen) atoms. The maximum atomic E-state index is 14.1. The van der Waals surface area contributed by atoms with Gasteiger partial charge in [0.2, 0.25) is 5.91 Å². The standard InChI is InChI=1S/C35H50N10O4S/c1-22(25-11-10-14-43(25)8)48-32-39-24(19-27(40-32)44-15-17-45(18-16-44)33(47)49-34(2,3)4)29(37)41-31(46)35(5)13-9-12-26-28(35)23(20-36)30(50-26)38-21-42(6)7/h19,21-22,25H,9-18H2,1-8H3,(H2,37,41,46)/b38-21+/t22-,25-,35-/m0/s1. The fourth-order valence-electron chi connectivity index (χ4n) is 6.83. The zero-order valence-electron chi connectivity index (χ0n) is 30.5. The number of aromatic nitrogens is 2. The van der Waals surface area contributed by atoms with Gasteiger partial charge in [0.25, 0.3) is 0 Å². The Hall–Kier alpha value is -4.29. The molecular weight excluding hydrogens is 657 g/mol. The summed E-state index contributed by atoms with van der Waals surface area (Å²) >= 11 is 1.44. The van der Waals surface area contributed by atoms with Gasteiger partial charge in [-0.1, -0.05) is 0 Å². The minimum absolute atomic E-state index is 0.123. The van der Waals surface area contributed by atoms with Crippen molar-refractivity contribution >= 4 is 46.3 Å². The van der Waals surface area contributed by atoms with Gasteiger partial charge in [-0.05, 0) is 80.3 Å². The molecule has 270 valence electrons. The number of amides is 2. The van der Waals surface area contributed by atoms with Crippen LogP contribution in [0.1, 0.15) is 82.0 Å². The molecule has 3 aliphatic rings. The predicted molar refractivity (Wildman–Crippen MR) is 194 cm³/mol. The normalized spacial score (nSPS) is 21.8. The topological polar surface area (TPSA) is 163 Å². The van der Waals surface area contributed by atoms with Crippen LogP contribution in [0.5, 0.6) is 6.01 Å². The number of carbonyl (C=O) groups is 2. The number of nitrogens with one attached hydrogen (secondary N) is 2. The van der Waals surface area contributed by atoms with E-state index in [0.29, 0.717) is 54.5 Å². The van der Waals surface area contributed by atoms with Crippen LogP contribution in [0.4, 0.5) is 15.6 Å². The zero-order chi connectivity index (χ0) is 36.4. The third-order valence-electron chi connectivity index (χ3n) is 9.47. The summed E-state index contributed by atoms with van der Waals surface area (Å²) in [5.41, 5.74) is -0.320. The number of carbonyl (C=O) groups excluding carboxylic acids is 2. The van der Waals surface area contributed by atoms with E-state index in [2.05, 4.69) is 33.3 Å². The number of amidine groups is 1.